The number of imidazole rings is 1. The lowest BCUT2D eigenvalue weighted by Gasteiger charge is -2.14. The molecule has 3 nitrogen and oxygen atoms in total. The van der Waals surface area contributed by atoms with E-state index in [9.17, 15) is 4.39 Å². The van der Waals surface area contributed by atoms with Crippen LogP contribution in [0.3, 0.4) is 0 Å². The average Bonchev–Trinajstić information content (AvgIpc) is 2.91. The monoisotopic (exact) mass is 283 g/mol. The molecule has 2 N–H and O–H groups in total. The van der Waals surface area contributed by atoms with Gasteiger partial charge in [-0.1, -0.05) is 17.9 Å². The number of nitrogens with zero attached hydrogens (tertiary/aromatic N) is 2. The van der Waals surface area contributed by atoms with E-state index in [-0.39, 0.29) is 12.4 Å². The van der Waals surface area contributed by atoms with E-state index in [4.69, 9.17) is 5.73 Å². The molecule has 108 valence electrons. The zero-order chi connectivity index (χ0) is 14.7. The van der Waals surface area contributed by atoms with E-state index in [0.29, 0.717) is 12.1 Å². The fraction of sp³-hybridized carbons (Fsp3) is 0.353. The first-order valence-electron chi connectivity index (χ1n) is 7.28. The topological polar surface area (TPSA) is 43.8 Å². The van der Waals surface area contributed by atoms with Crippen LogP contribution in [0.25, 0.3) is 0 Å². The van der Waals surface area contributed by atoms with Gasteiger partial charge in [-0.2, -0.15) is 0 Å². The summed E-state index contributed by atoms with van der Waals surface area (Å²) in [5, 5.41) is 0. The number of rotatable bonds is 2. The van der Waals surface area contributed by atoms with Crippen LogP contribution >= 0.6 is 0 Å². The summed E-state index contributed by atoms with van der Waals surface area (Å²) in [6.45, 7) is 0.943. The van der Waals surface area contributed by atoms with Gasteiger partial charge in [-0.3, -0.25) is 0 Å². The number of aryl methyl sites for hydroxylation is 1. The van der Waals surface area contributed by atoms with E-state index in [1.54, 1.807) is 12.1 Å². The molecule has 1 aliphatic carbocycles. The summed E-state index contributed by atoms with van der Waals surface area (Å²) >= 11 is 0. The molecule has 0 saturated carbocycles. The average molecular weight is 283 g/mol. The summed E-state index contributed by atoms with van der Waals surface area (Å²) in [5.74, 6) is 5.18. The van der Waals surface area contributed by atoms with Crippen molar-refractivity contribution in [3.8, 4) is 11.8 Å². The van der Waals surface area contributed by atoms with E-state index >= 15 is 0 Å². The minimum Gasteiger partial charge on any atom is -0.330 e. The Morgan fingerprint density at radius 1 is 1.29 bits per heavy atom. The first-order chi connectivity index (χ1) is 10.3. The van der Waals surface area contributed by atoms with Crippen molar-refractivity contribution in [1.29, 1.82) is 0 Å². The Hall–Kier alpha value is -2.12. The molecular formula is C17H18FN3. The highest BCUT2D eigenvalue weighted by molar-refractivity contribution is 5.39. The highest BCUT2D eigenvalue weighted by Gasteiger charge is 2.15. The van der Waals surface area contributed by atoms with Crippen molar-refractivity contribution in [1.82, 2.24) is 9.55 Å². The Balaban J connectivity index is 1.86. The van der Waals surface area contributed by atoms with Gasteiger partial charge < -0.3 is 10.3 Å². The molecule has 0 spiro atoms. The third-order valence-electron chi connectivity index (χ3n) is 3.82. The van der Waals surface area contributed by atoms with E-state index in [1.165, 1.54) is 30.3 Å². The smallest absolute Gasteiger partial charge is 0.138 e. The Morgan fingerprint density at radius 2 is 2.14 bits per heavy atom. The fourth-order valence-electron chi connectivity index (χ4n) is 2.78. The number of hydrogen-bond donors (Lipinski definition) is 1. The molecule has 0 atom stereocenters. The summed E-state index contributed by atoms with van der Waals surface area (Å²) in [4.78, 5) is 4.49. The van der Waals surface area contributed by atoms with Crippen molar-refractivity contribution >= 4 is 0 Å². The molecule has 1 heterocycles. The number of benzene rings is 1. The van der Waals surface area contributed by atoms with Crippen LogP contribution in [-0.4, -0.2) is 16.1 Å². The highest BCUT2D eigenvalue weighted by atomic mass is 19.1. The summed E-state index contributed by atoms with van der Waals surface area (Å²) < 4.78 is 15.9. The highest BCUT2D eigenvalue weighted by Crippen LogP contribution is 2.21. The van der Waals surface area contributed by atoms with E-state index in [2.05, 4.69) is 21.4 Å². The van der Waals surface area contributed by atoms with Gasteiger partial charge in [-0.25, -0.2) is 9.37 Å². The van der Waals surface area contributed by atoms with Crippen molar-refractivity contribution in [3.05, 3.63) is 52.9 Å². The molecular weight excluding hydrogens is 265 g/mol. The standard InChI is InChI=1S/C17H18FN3/c18-15-8-7-13(10-14(15)4-3-9-19)11-21-12-20-16-5-1-2-6-17(16)21/h7-8,10,12H,1-2,5-6,9,11,19H2. The van der Waals surface area contributed by atoms with Crippen molar-refractivity contribution < 1.29 is 4.39 Å². The number of nitrogens with two attached hydrogens (primary N) is 1. The first kappa shape index (κ1) is 13.8. The minimum atomic E-state index is -0.299. The van der Waals surface area contributed by atoms with Crippen LogP contribution in [0, 0.1) is 17.7 Å². The second-order valence-corrected chi connectivity index (χ2v) is 5.29. The van der Waals surface area contributed by atoms with Gasteiger partial charge in [0.25, 0.3) is 0 Å². The van der Waals surface area contributed by atoms with Gasteiger partial charge in [-0.05, 0) is 43.4 Å². The number of hydrogen-bond acceptors (Lipinski definition) is 2. The van der Waals surface area contributed by atoms with Gasteiger partial charge in [0.2, 0.25) is 0 Å². The maximum Gasteiger partial charge on any atom is 0.138 e. The lowest BCUT2D eigenvalue weighted by molar-refractivity contribution is 0.618. The maximum atomic E-state index is 13.7. The zero-order valence-corrected chi connectivity index (χ0v) is 11.9. The summed E-state index contributed by atoms with van der Waals surface area (Å²) in [6.07, 6.45) is 6.48. The molecule has 0 saturated heterocycles. The van der Waals surface area contributed by atoms with Crippen molar-refractivity contribution in [2.75, 3.05) is 6.54 Å². The van der Waals surface area contributed by atoms with E-state index < -0.39 is 0 Å². The lowest BCUT2D eigenvalue weighted by Crippen LogP contribution is -2.09. The van der Waals surface area contributed by atoms with E-state index in [0.717, 1.165) is 18.4 Å². The Morgan fingerprint density at radius 3 is 3.00 bits per heavy atom. The SMILES string of the molecule is NCC#Cc1cc(Cn2cnc3c2CCCC3)ccc1F. The Bertz CT molecular complexity index is 707. The van der Waals surface area contributed by atoms with Crippen LogP contribution in [0.1, 0.15) is 35.4 Å². The van der Waals surface area contributed by atoms with Gasteiger partial charge in [0.1, 0.15) is 5.82 Å². The number of fused-ring (bicyclic) bond motifs is 1. The molecule has 0 unspecified atom stereocenters. The van der Waals surface area contributed by atoms with E-state index in [1.807, 2.05) is 6.33 Å². The van der Waals surface area contributed by atoms with Crippen LogP contribution in [0.2, 0.25) is 0 Å². The Labute approximate surface area is 124 Å². The third-order valence-corrected chi connectivity index (χ3v) is 3.82. The maximum absolute atomic E-state index is 13.7. The van der Waals surface area contributed by atoms with Gasteiger partial charge >= 0.3 is 0 Å². The predicted octanol–water partition coefficient (Wildman–Crippen LogP) is 2.26. The molecule has 4 heteroatoms. The molecule has 21 heavy (non-hydrogen) atoms. The van der Waals surface area contributed by atoms with Crippen molar-refractivity contribution in [2.24, 2.45) is 5.73 Å². The minimum absolute atomic E-state index is 0.235. The van der Waals surface area contributed by atoms with Crippen LogP contribution in [0.5, 0.6) is 0 Å². The van der Waals surface area contributed by atoms with Crippen molar-refractivity contribution in [2.45, 2.75) is 32.2 Å². The molecule has 1 aliphatic rings. The number of aromatic nitrogens is 2. The second-order valence-electron chi connectivity index (χ2n) is 5.29. The zero-order valence-electron chi connectivity index (χ0n) is 11.9. The Kier molecular flexibility index (Phi) is 4.03. The molecule has 0 amide bonds. The summed E-state index contributed by atoms with van der Waals surface area (Å²) in [5.41, 5.74) is 9.32. The molecule has 2 aromatic rings. The largest absolute Gasteiger partial charge is 0.330 e. The van der Waals surface area contributed by atoms with Gasteiger partial charge in [0.15, 0.2) is 0 Å². The van der Waals surface area contributed by atoms with Gasteiger partial charge in [0, 0.05) is 12.2 Å². The quantitative estimate of drug-likeness (QED) is 0.859. The number of halogens is 1. The van der Waals surface area contributed by atoms with Crippen LogP contribution in [0.4, 0.5) is 4.39 Å². The van der Waals surface area contributed by atoms with Crippen LogP contribution < -0.4 is 5.73 Å². The lowest BCUT2D eigenvalue weighted by atomic mass is 10.0. The summed E-state index contributed by atoms with van der Waals surface area (Å²) in [6, 6.07) is 5.07. The van der Waals surface area contributed by atoms with Gasteiger partial charge in [-0.15, -0.1) is 0 Å². The third kappa shape index (κ3) is 2.98. The fourth-order valence-corrected chi connectivity index (χ4v) is 2.78. The molecule has 0 radical (unpaired) electrons. The van der Waals surface area contributed by atoms with Crippen LogP contribution in [-0.2, 0) is 19.4 Å². The second kappa shape index (κ2) is 6.11. The molecule has 3 rings (SSSR count). The molecule has 1 aromatic heterocycles. The molecule has 0 bridgehead atoms. The molecule has 1 aromatic carbocycles. The summed E-state index contributed by atoms with van der Waals surface area (Å²) in [7, 11) is 0. The molecule has 0 aliphatic heterocycles. The van der Waals surface area contributed by atoms with Gasteiger partial charge in [0.05, 0.1) is 24.1 Å². The van der Waals surface area contributed by atoms with Crippen molar-refractivity contribution in [3.63, 3.8) is 0 Å². The first-order valence-corrected chi connectivity index (χ1v) is 7.28. The normalized spacial score (nSPS) is 13.4. The van der Waals surface area contributed by atoms with Crippen LogP contribution in [0.15, 0.2) is 24.5 Å². The predicted molar refractivity (Wildman–Crippen MR) is 80.3 cm³/mol. The molecule has 0 fully saturated rings.